The number of carbonyl (C=O) groups excluding carboxylic acids is 1. The molecule has 138 valence electrons. The molecule has 2 heterocycles. The predicted octanol–water partition coefficient (Wildman–Crippen LogP) is 0.797. The van der Waals surface area contributed by atoms with Crippen LogP contribution in [0.25, 0.3) is 0 Å². The topological polar surface area (TPSA) is 60.9 Å². The van der Waals surface area contributed by atoms with E-state index in [1.807, 2.05) is 6.07 Å². The highest BCUT2D eigenvalue weighted by Gasteiger charge is 2.30. The Hall–Kier alpha value is -1.44. The first-order chi connectivity index (χ1) is 11.9. The molecule has 0 N–H and O–H groups in total. The molecule has 25 heavy (non-hydrogen) atoms. The monoisotopic (exact) mass is 365 g/mol. The van der Waals surface area contributed by atoms with Gasteiger partial charge in [0.1, 0.15) is 0 Å². The molecule has 7 heteroatoms. The zero-order valence-corrected chi connectivity index (χ0v) is 15.6. The fourth-order valence-corrected chi connectivity index (χ4v) is 4.59. The van der Waals surface area contributed by atoms with Gasteiger partial charge in [-0.3, -0.25) is 9.69 Å². The lowest BCUT2D eigenvalue weighted by Crippen LogP contribution is -2.52. The molecule has 0 bridgehead atoms. The summed E-state index contributed by atoms with van der Waals surface area (Å²) in [7, 11) is -3.16. The Morgan fingerprint density at radius 2 is 1.76 bits per heavy atom. The van der Waals surface area contributed by atoms with Crippen LogP contribution in [0, 0.1) is 0 Å². The molecule has 2 saturated heterocycles. The molecule has 0 spiro atoms. The summed E-state index contributed by atoms with van der Waals surface area (Å²) < 4.78 is 24.6. The molecule has 2 aliphatic heterocycles. The number of piperazine rings is 1. The van der Waals surface area contributed by atoms with Gasteiger partial charge in [-0.1, -0.05) is 30.3 Å². The first kappa shape index (κ1) is 18.4. The lowest BCUT2D eigenvalue weighted by Gasteiger charge is -2.35. The molecule has 3 rings (SSSR count). The van der Waals surface area contributed by atoms with Crippen LogP contribution in [0.3, 0.4) is 0 Å². The molecule has 0 unspecified atom stereocenters. The summed E-state index contributed by atoms with van der Waals surface area (Å²) >= 11 is 0. The largest absolute Gasteiger partial charge is 0.339 e. The van der Waals surface area contributed by atoms with E-state index in [-0.39, 0.29) is 5.91 Å². The number of hydrogen-bond donors (Lipinski definition) is 0. The molecule has 0 radical (unpaired) electrons. The Bertz CT molecular complexity index is 685. The first-order valence-corrected chi connectivity index (χ1v) is 10.8. The predicted molar refractivity (Wildman–Crippen MR) is 97.7 cm³/mol. The van der Waals surface area contributed by atoms with Crippen LogP contribution in [0.5, 0.6) is 0 Å². The summed E-state index contributed by atoms with van der Waals surface area (Å²) in [6.45, 7) is 3.19. The van der Waals surface area contributed by atoms with E-state index in [1.165, 1.54) is 16.1 Å². The van der Waals surface area contributed by atoms with E-state index in [4.69, 9.17) is 0 Å². The Labute approximate surface area is 150 Å². The quantitative estimate of drug-likeness (QED) is 0.774. The van der Waals surface area contributed by atoms with Gasteiger partial charge in [-0.2, -0.15) is 4.31 Å². The van der Waals surface area contributed by atoms with Gasteiger partial charge in [-0.15, -0.1) is 0 Å². The minimum Gasteiger partial charge on any atom is -0.339 e. The molecular formula is C18H27N3O3S. The Kier molecular flexibility index (Phi) is 5.76. The molecule has 0 saturated carbocycles. The van der Waals surface area contributed by atoms with E-state index in [9.17, 15) is 13.2 Å². The zero-order valence-electron chi connectivity index (χ0n) is 14.8. The number of benzene rings is 1. The SMILES string of the molecule is CS(=O)(=O)N1CCN(C(=O)CN2CCC[C@H]2Cc2ccccc2)CC1. The Balaban J connectivity index is 1.52. The number of likely N-dealkylation sites (tertiary alicyclic amines) is 1. The van der Waals surface area contributed by atoms with Crippen LogP contribution in [0.4, 0.5) is 0 Å². The molecule has 1 atom stereocenters. The van der Waals surface area contributed by atoms with Crippen LogP contribution >= 0.6 is 0 Å². The second kappa shape index (κ2) is 7.85. The van der Waals surface area contributed by atoms with Crippen molar-refractivity contribution in [2.45, 2.75) is 25.3 Å². The number of sulfonamides is 1. The second-order valence-electron chi connectivity index (χ2n) is 7.00. The van der Waals surface area contributed by atoms with Crippen molar-refractivity contribution in [2.24, 2.45) is 0 Å². The molecule has 2 fully saturated rings. The molecule has 2 aliphatic rings. The van der Waals surface area contributed by atoms with Gasteiger partial charge in [0.2, 0.25) is 15.9 Å². The van der Waals surface area contributed by atoms with Crippen LogP contribution in [0.2, 0.25) is 0 Å². The van der Waals surface area contributed by atoms with Gasteiger partial charge < -0.3 is 4.90 Å². The highest BCUT2D eigenvalue weighted by molar-refractivity contribution is 7.88. The minimum absolute atomic E-state index is 0.119. The third-order valence-electron chi connectivity index (χ3n) is 5.21. The third-order valence-corrected chi connectivity index (χ3v) is 6.52. The fraction of sp³-hybridized carbons (Fsp3) is 0.611. The fourth-order valence-electron chi connectivity index (χ4n) is 3.76. The number of hydrogen-bond acceptors (Lipinski definition) is 4. The smallest absolute Gasteiger partial charge is 0.236 e. The number of nitrogens with zero attached hydrogens (tertiary/aromatic N) is 3. The van der Waals surface area contributed by atoms with Crippen LogP contribution in [-0.4, -0.2) is 80.0 Å². The maximum atomic E-state index is 12.6. The second-order valence-corrected chi connectivity index (χ2v) is 8.98. The maximum Gasteiger partial charge on any atom is 0.236 e. The molecule has 1 aromatic rings. The normalized spacial score (nSPS) is 23.1. The van der Waals surface area contributed by atoms with E-state index in [0.29, 0.717) is 38.8 Å². The zero-order chi connectivity index (χ0) is 17.9. The highest BCUT2D eigenvalue weighted by atomic mass is 32.2. The van der Waals surface area contributed by atoms with E-state index < -0.39 is 10.0 Å². The number of rotatable bonds is 5. The average molecular weight is 365 g/mol. The van der Waals surface area contributed by atoms with Gasteiger partial charge in [0.05, 0.1) is 12.8 Å². The average Bonchev–Trinajstić information content (AvgIpc) is 3.02. The first-order valence-electron chi connectivity index (χ1n) is 8.94. The Morgan fingerprint density at radius 3 is 2.40 bits per heavy atom. The lowest BCUT2D eigenvalue weighted by atomic mass is 10.0. The van der Waals surface area contributed by atoms with Crippen LogP contribution in [0.15, 0.2) is 30.3 Å². The molecule has 1 amide bonds. The van der Waals surface area contributed by atoms with Crippen LogP contribution in [0.1, 0.15) is 18.4 Å². The summed E-state index contributed by atoms with van der Waals surface area (Å²) in [5.41, 5.74) is 1.31. The molecule has 1 aromatic carbocycles. The number of carbonyl (C=O) groups is 1. The summed E-state index contributed by atoms with van der Waals surface area (Å²) in [6, 6.07) is 10.8. The van der Waals surface area contributed by atoms with Crippen molar-refractivity contribution in [1.29, 1.82) is 0 Å². The van der Waals surface area contributed by atoms with E-state index >= 15 is 0 Å². The lowest BCUT2D eigenvalue weighted by molar-refractivity contribution is -0.133. The summed E-state index contributed by atoms with van der Waals surface area (Å²) in [5, 5.41) is 0. The highest BCUT2D eigenvalue weighted by Crippen LogP contribution is 2.21. The Morgan fingerprint density at radius 1 is 1.08 bits per heavy atom. The third kappa shape index (κ3) is 4.80. The van der Waals surface area contributed by atoms with E-state index in [0.717, 1.165) is 25.8 Å². The van der Waals surface area contributed by atoms with Crippen molar-refractivity contribution in [3.8, 4) is 0 Å². The van der Waals surface area contributed by atoms with Gasteiger partial charge >= 0.3 is 0 Å². The standard InChI is InChI=1S/C18H27N3O3S/c1-25(23,24)21-12-10-19(11-13-21)18(22)15-20-9-5-8-17(20)14-16-6-3-2-4-7-16/h2-4,6-7,17H,5,8-15H2,1H3/t17-/m0/s1. The van der Waals surface area contributed by atoms with Gasteiger partial charge in [0.25, 0.3) is 0 Å². The van der Waals surface area contributed by atoms with Gasteiger partial charge in [0.15, 0.2) is 0 Å². The summed E-state index contributed by atoms with van der Waals surface area (Å²) in [5.74, 6) is 0.119. The van der Waals surface area contributed by atoms with Gasteiger partial charge in [0, 0.05) is 32.2 Å². The number of amides is 1. The van der Waals surface area contributed by atoms with Gasteiger partial charge in [-0.05, 0) is 31.4 Å². The van der Waals surface area contributed by atoms with Crippen molar-refractivity contribution in [2.75, 3.05) is 45.5 Å². The van der Waals surface area contributed by atoms with Crippen LogP contribution < -0.4 is 0 Å². The summed E-state index contributed by atoms with van der Waals surface area (Å²) in [6.07, 6.45) is 4.47. The molecule has 6 nitrogen and oxygen atoms in total. The molecular weight excluding hydrogens is 338 g/mol. The van der Waals surface area contributed by atoms with Crippen molar-refractivity contribution in [1.82, 2.24) is 14.1 Å². The maximum absolute atomic E-state index is 12.6. The van der Waals surface area contributed by atoms with E-state index in [2.05, 4.69) is 29.2 Å². The molecule has 0 aromatic heterocycles. The summed E-state index contributed by atoms with van der Waals surface area (Å²) in [4.78, 5) is 16.7. The minimum atomic E-state index is -3.16. The van der Waals surface area contributed by atoms with Crippen molar-refractivity contribution in [3.05, 3.63) is 35.9 Å². The van der Waals surface area contributed by atoms with Crippen molar-refractivity contribution in [3.63, 3.8) is 0 Å². The van der Waals surface area contributed by atoms with Crippen molar-refractivity contribution < 1.29 is 13.2 Å². The van der Waals surface area contributed by atoms with Crippen molar-refractivity contribution >= 4 is 15.9 Å². The molecule has 0 aliphatic carbocycles. The van der Waals surface area contributed by atoms with Crippen LogP contribution in [-0.2, 0) is 21.2 Å². The van der Waals surface area contributed by atoms with E-state index in [1.54, 1.807) is 4.90 Å². The van der Waals surface area contributed by atoms with Gasteiger partial charge in [-0.25, -0.2) is 8.42 Å².